The topological polar surface area (TPSA) is 81.8 Å². The standard InChI is InChI=1S/C19H23N5O2/c1-11-7-6-8-15-18(11)20-10-24(19(15)26)9-16(25)21-12(2)17-13(3)22-23(5)14(17)4/h6-8,10,12H,9H2,1-5H3,(H,21,25). The van der Waals surface area contributed by atoms with E-state index in [1.54, 1.807) is 10.7 Å². The Balaban J connectivity index is 1.81. The van der Waals surface area contributed by atoms with Crippen molar-refractivity contribution in [3.63, 3.8) is 0 Å². The maximum Gasteiger partial charge on any atom is 0.261 e. The molecule has 1 atom stereocenters. The number of hydrogen-bond donors (Lipinski definition) is 1. The van der Waals surface area contributed by atoms with Gasteiger partial charge in [-0.05, 0) is 39.3 Å². The summed E-state index contributed by atoms with van der Waals surface area (Å²) in [6, 6.07) is 5.27. The molecule has 0 radical (unpaired) electrons. The van der Waals surface area contributed by atoms with E-state index >= 15 is 0 Å². The van der Waals surface area contributed by atoms with Gasteiger partial charge in [-0.25, -0.2) is 4.98 Å². The van der Waals surface area contributed by atoms with Crippen LogP contribution in [0.2, 0.25) is 0 Å². The fourth-order valence-corrected chi connectivity index (χ4v) is 3.38. The third-order valence-electron chi connectivity index (χ3n) is 4.74. The van der Waals surface area contributed by atoms with E-state index in [0.717, 1.165) is 22.5 Å². The SMILES string of the molecule is Cc1nn(C)c(C)c1C(C)NC(=O)Cn1cnc2c(C)cccc2c1=O. The normalized spacial score (nSPS) is 12.3. The molecule has 136 valence electrons. The van der Waals surface area contributed by atoms with E-state index in [0.29, 0.717) is 10.9 Å². The van der Waals surface area contributed by atoms with Crippen LogP contribution in [0.25, 0.3) is 10.9 Å². The van der Waals surface area contributed by atoms with Gasteiger partial charge in [0.05, 0.1) is 29.0 Å². The number of hydrogen-bond acceptors (Lipinski definition) is 4. The molecule has 0 saturated carbocycles. The summed E-state index contributed by atoms with van der Waals surface area (Å²) < 4.78 is 3.14. The Kier molecular flexibility index (Phi) is 4.63. The highest BCUT2D eigenvalue weighted by atomic mass is 16.2. The monoisotopic (exact) mass is 353 g/mol. The Hall–Kier alpha value is -2.96. The van der Waals surface area contributed by atoms with E-state index in [1.165, 1.54) is 10.9 Å². The van der Waals surface area contributed by atoms with Crippen LogP contribution < -0.4 is 10.9 Å². The lowest BCUT2D eigenvalue weighted by Crippen LogP contribution is -2.34. The average Bonchev–Trinajstić information content (AvgIpc) is 2.83. The van der Waals surface area contributed by atoms with Gasteiger partial charge in [-0.15, -0.1) is 0 Å². The van der Waals surface area contributed by atoms with Gasteiger partial charge in [0.25, 0.3) is 5.56 Å². The molecule has 0 bridgehead atoms. The van der Waals surface area contributed by atoms with E-state index in [4.69, 9.17) is 0 Å². The number of benzene rings is 1. The first kappa shape index (κ1) is 17.8. The zero-order valence-electron chi connectivity index (χ0n) is 15.7. The largest absolute Gasteiger partial charge is 0.348 e. The van der Waals surface area contributed by atoms with Crippen LogP contribution in [0.1, 0.15) is 35.5 Å². The molecule has 1 aromatic carbocycles. The van der Waals surface area contributed by atoms with Crippen molar-refractivity contribution in [3.8, 4) is 0 Å². The number of rotatable bonds is 4. The predicted octanol–water partition coefficient (Wildman–Crippen LogP) is 1.93. The first-order valence-electron chi connectivity index (χ1n) is 8.53. The average molecular weight is 353 g/mol. The summed E-state index contributed by atoms with van der Waals surface area (Å²) in [5.74, 6) is -0.240. The number of carbonyl (C=O) groups is 1. The second kappa shape index (κ2) is 6.74. The van der Waals surface area contributed by atoms with Crippen molar-refractivity contribution in [2.75, 3.05) is 0 Å². The molecule has 1 N–H and O–H groups in total. The van der Waals surface area contributed by atoms with Gasteiger partial charge in [0, 0.05) is 18.3 Å². The minimum absolute atomic E-state index is 0.0710. The van der Waals surface area contributed by atoms with E-state index in [2.05, 4.69) is 15.4 Å². The summed E-state index contributed by atoms with van der Waals surface area (Å²) in [6.07, 6.45) is 1.43. The van der Waals surface area contributed by atoms with E-state index in [1.807, 2.05) is 46.9 Å². The van der Waals surface area contributed by atoms with Gasteiger partial charge in [-0.1, -0.05) is 12.1 Å². The molecule has 0 aliphatic rings. The summed E-state index contributed by atoms with van der Waals surface area (Å²) in [5.41, 5.74) is 4.29. The summed E-state index contributed by atoms with van der Waals surface area (Å²) in [7, 11) is 1.88. The number of aryl methyl sites for hydroxylation is 3. The Morgan fingerprint density at radius 3 is 2.65 bits per heavy atom. The highest BCUT2D eigenvalue weighted by Crippen LogP contribution is 2.20. The third kappa shape index (κ3) is 3.12. The molecule has 0 aliphatic carbocycles. The Labute approximate surface area is 151 Å². The van der Waals surface area contributed by atoms with Crippen molar-refractivity contribution in [1.29, 1.82) is 0 Å². The van der Waals surface area contributed by atoms with Crippen LogP contribution in [-0.4, -0.2) is 25.2 Å². The zero-order chi connectivity index (χ0) is 19.0. The summed E-state index contributed by atoms with van der Waals surface area (Å²) in [4.78, 5) is 29.4. The lowest BCUT2D eigenvalue weighted by Gasteiger charge is -2.15. The molecule has 0 aliphatic heterocycles. The maximum atomic E-state index is 12.6. The van der Waals surface area contributed by atoms with Gasteiger partial charge in [-0.2, -0.15) is 5.10 Å². The van der Waals surface area contributed by atoms with Crippen LogP contribution in [0.15, 0.2) is 29.3 Å². The van der Waals surface area contributed by atoms with Crippen molar-refractivity contribution in [1.82, 2.24) is 24.6 Å². The van der Waals surface area contributed by atoms with Gasteiger partial charge >= 0.3 is 0 Å². The first-order valence-corrected chi connectivity index (χ1v) is 8.53. The van der Waals surface area contributed by atoms with E-state index in [9.17, 15) is 9.59 Å². The molecule has 26 heavy (non-hydrogen) atoms. The van der Waals surface area contributed by atoms with Crippen molar-refractivity contribution >= 4 is 16.8 Å². The fraction of sp³-hybridized carbons (Fsp3) is 0.368. The molecular formula is C19H23N5O2. The maximum absolute atomic E-state index is 12.6. The van der Waals surface area contributed by atoms with E-state index in [-0.39, 0.29) is 24.1 Å². The molecule has 7 nitrogen and oxygen atoms in total. The van der Waals surface area contributed by atoms with Crippen LogP contribution in [-0.2, 0) is 18.4 Å². The lowest BCUT2D eigenvalue weighted by atomic mass is 10.1. The Morgan fingerprint density at radius 2 is 2.00 bits per heavy atom. The number of para-hydroxylation sites is 1. The number of amides is 1. The van der Waals surface area contributed by atoms with Gasteiger partial charge in [0.15, 0.2) is 0 Å². The zero-order valence-corrected chi connectivity index (χ0v) is 15.7. The third-order valence-corrected chi connectivity index (χ3v) is 4.74. The summed E-state index contributed by atoms with van der Waals surface area (Å²) >= 11 is 0. The van der Waals surface area contributed by atoms with E-state index < -0.39 is 0 Å². The highest BCUT2D eigenvalue weighted by molar-refractivity contribution is 5.81. The Bertz CT molecular complexity index is 1050. The molecule has 3 aromatic rings. The van der Waals surface area contributed by atoms with Crippen molar-refractivity contribution in [2.45, 2.75) is 40.3 Å². The molecule has 2 aromatic heterocycles. The molecule has 1 amide bonds. The quantitative estimate of drug-likeness (QED) is 0.777. The first-order chi connectivity index (χ1) is 12.3. The second-order valence-electron chi connectivity index (χ2n) is 6.65. The van der Waals surface area contributed by atoms with Gasteiger partial charge in [-0.3, -0.25) is 18.8 Å². The van der Waals surface area contributed by atoms with Crippen LogP contribution in [0, 0.1) is 20.8 Å². The van der Waals surface area contributed by atoms with Crippen LogP contribution in [0.3, 0.4) is 0 Å². The van der Waals surface area contributed by atoms with Gasteiger partial charge in [0.1, 0.15) is 6.54 Å². The molecule has 0 spiro atoms. The molecule has 2 heterocycles. The molecule has 7 heteroatoms. The second-order valence-corrected chi connectivity index (χ2v) is 6.65. The highest BCUT2D eigenvalue weighted by Gasteiger charge is 2.18. The van der Waals surface area contributed by atoms with Crippen molar-refractivity contribution in [2.24, 2.45) is 7.05 Å². The van der Waals surface area contributed by atoms with Gasteiger partial charge < -0.3 is 5.32 Å². The van der Waals surface area contributed by atoms with Crippen LogP contribution in [0.4, 0.5) is 0 Å². The smallest absolute Gasteiger partial charge is 0.261 e. The molecular weight excluding hydrogens is 330 g/mol. The molecule has 3 rings (SSSR count). The van der Waals surface area contributed by atoms with Crippen molar-refractivity contribution < 1.29 is 4.79 Å². The Morgan fingerprint density at radius 1 is 1.27 bits per heavy atom. The van der Waals surface area contributed by atoms with Crippen molar-refractivity contribution in [3.05, 3.63) is 57.4 Å². The number of fused-ring (bicyclic) bond motifs is 1. The van der Waals surface area contributed by atoms with Crippen LogP contribution in [0.5, 0.6) is 0 Å². The van der Waals surface area contributed by atoms with Crippen LogP contribution >= 0.6 is 0 Å². The lowest BCUT2D eigenvalue weighted by molar-refractivity contribution is -0.122. The minimum Gasteiger partial charge on any atom is -0.348 e. The molecule has 0 fully saturated rings. The molecule has 0 saturated heterocycles. The fourth-order valence-electron chi connectivity index (χ4n) is 3.38. The predicted molar refractivity (Wildman–Crippen MR) is 100.0 cm³/mol. The number of nitrogens with one attached hydrogen (secondary N) is 1. The summed E-state index contributed by atoms with van der Waals surface area (Å²) in [5, 5.41) is 7.85. The number of carbonyl (C=O) groups excluding carboxylic acids is 1. The van der Waals surface area contributed by atoms with Gasteiger partial charge in [0.2, 0.25) is 5.91 Å². The molecule has 1 unspecified atom stereocenters. The summed E-state index contributed by atoms with van der Waals surface area (Å²) in [6.45, 7) is 7.65. The minimum atomic E-state index is -0.240. The number of aromatic nitrogens is 4. The number of nitrogens with zero attached hydrogens (tertiary/aromatic N) is 4.